The average Bonchev–Trinajstić information content (AvgIpc) is 3.22. The van der Waals surface area contributed by atoms with E-state index in [4.69, 9.17) is 4.42 Å². The quantitative estimate of drug-likeness (QED) is 0.577. The summed E-state index contributed by atoms with van der Waals surface area (Å²) in [6.45, 7) is 1.91. The highest BCUT2D eigenvalue weighted by molar-refractivity contribution is 7.19. The second kappa shape index (κ2) is 5.20. The van der Waals surface area contributed by atoms with Crippen LogP contribution in [0.5, 0.6) is 0 Å². The molecule has 0 unspecified atom stereocenters. The number of fused-ring (bicyclic) bond motifs is 1. The normalized spacial score (nSPS) is 11.3. The summed E-state index contributed by atoms with van der Waals surface area (Å²) in [5.74, 6) is 1.52. The smallest absolute Gasteiger partial charge is 0.235 e. The van der Waals surface area contributed by atoms with E-state index >= 15 is 0 Å². The van der Waals surface area contributed by atoms with E-state index < -0.39 is 0 Å². The largest absolute Gasteiger partial charge is 0.469 e. The first-order valence-corrected chi connectivity index (χ1v) is 7.99. The van der Waals surface area contributed by atoms with Gasteiger partial charge < -0.3 is 9.32 Å². The van der Waals surface area contributed by atoms with E-state index in [9.17, 15) is 0 Å². The summed E-state index contributed by atoms with van der Waals surface area (Å²) in [7, 11) is 4.05. The highest BCUT2D eigenvalue weighted by Crippen LogP contribution is 2.30. The third-order valence-corrected chi connectivity index (χ3v) is 4.67. The van der Waals surface area contributed by atoms with Crippen LogP contribution in [0.3, 0.4) is 0 Å². The Labute approximate surface area is 137 Å². The molecule has 7 heteroatoms. The molecule has 23 heavy (non-hydrogen) atoms. The summed E-state index contributed by atoms with van der Waals surface area (Å²) in [4.78, 5) is 2.84. The molecule has 0 aliphatic rings. The Hall–Kier alpha value is -2.67. The van der Waals surface area contributed by atoms with E-state index in [0.29, 0.717) is 5.82 Å². The molecule has 0 bridgehead atoms. The third kappa shape index (κ3) is 2.29. The molecule has 3 heterocycles. The molecule has 4 aromatic rings. The van der Waals surface area contributed by atoms with Crippen LogP contribution in [0.15, 0.2) is 41.0 Å². The fourth-order valence-electron chi connectivity index (χ4n) is 2.42. The van der Waals surface area contributed by atoms with Gasteiger partial charge in [0.25, 0.3) is 0 Å². The van der Waals surface area contributed by atoms with E-state index in [1.165, 1.54) is 11.3 Å². The summed E-state index contributed by atoms with van der Waals surface area (Å²) in [5, 5.41) is 14.0. The van der Waals surface area contributed by atoms with Gasteiger partial charge in [-0.1, -0.05) is 11.3 Å². The van der Waals surface area contributed by atoms with Gasteiger partial charge in [-0.05, 0) is 37.3 Å². The Bertz CT molecular complexity index is 964. The number of aromatic nitrogens is 4. The van der Waals surface area contributed by atoms with Gasteiger partial charge in [0, 0.05) is 25.3 Å². The van der Waals surface area contributed by atoms with E-state index in [2.05, 4.69) is 44.5 Å². The van der Waals surface area contributed by atoms with Crippen LogP contribution in [0.2, 0.25) is 0 Å². The number of rotatable bonds is 3. The molecule has 1 aromatic carbocycles. The average molecular weight is 325 g/mol. The zero-order valence-corrected chi connectivity index (χ0v) is 13.8. The molecule has 4 rings (SSSR count). The summed E-state index contributed by atoms with van der Waals surface area (Å²) >= 11 is 1.52. The Kier molecular flexibility index (Phi) is 3.16. The Morgan fingerprint density at radius 2 is 1.87 bits per heavy atom. The lowest BCUT2D eigenvalue weighted by Crippen LogP contribution is -2.07. The minimum atomic E-state index is 0.707. The van der Waals surface area contributed by atoms with Crippen LogP contribution in [0.1, 0.15) is 5.76 Å². The molecule has 6 nitrogen and oxygen atoms in total. The molecule has 0 spiro atoms. The number of hydrogen-bond donors (Lipinski definition) is 0. The van der Waals surface area contributed by atoms with E-state index in [1.54, 1.807) is 10.8 Å². The summed E-state index contributed by atoms with van der Waals surface area (Å²) in [6.07, 6.45) is 1.65. The molecule has 0 amide bonds. The number of aryl methyl sites for hydroxylation is 1. The van der Waals surface area contributed by atoms with Gasteiger partial charge in [0.1, 0.15) is 10.8 Å². The standard InChI is InChI=1S/C16H15N5OS/c1-10-13(8-9-22-10)14-17-18-16-21(14)19-15(23-16)11-4-6-12(7-5-11)20(2)3/h4-9H,1-3H3. The van der Waals surface area contributed by atoms with Gasteiger partial charge in [-0.25, -0.2) is 0 Å². The van der Waals surface area contributed by atoms with Crippen molar-refractivity contribution in [1.82, 2.24) is 19.8 Å². The monoisotopic (exact) mass is 325 g/mol. The SMILES string of the molecule is Cc1occc1-c1nnc2sc(-c3ccc(N(C)C)cc3)nn12. The molecule has 0 saturated carbocycles. The predicted molar refractivity (Wildman–Crippen MR) is 90.9 cm³/mol. The molecule has 0 saturated heterocycles. The highest BCUT2D eigenvalue weighted by Gasteiger charge is 2.17. The van der Waals surface area contributed by atoms with Gasteiger partial charge in [0.15, 0.2) is 5.82 Å². The summed E-state index contributed by atoms with van der Waals surface area (Å²) < 4.78 is 7.13. The van der Waals surface area contributed by atoms with Crippen molar-refractivity contribution < 1.29 is 4.42 Å². The van der Waals surface area contributed by atoms with Crippen LogP contribution in [0.4, 0.5) is 5.69 Å². The number of anilines is 1. The number of benzene rings is 1. The molecule has 0 aliphatic heterocycles. The zero-order valence-electron chi connectivity index (χ0n) is 13.0. The maximum atomic E-state index is 5.35. The maximum absolute atomic E-state index is 5.35. The number of hydrogen-bond acceptors (Lipinski definition) is 6. The van der Waals surface area contributed by atoms with Crippen molar-refractivity contribution in [3.8, 4) is 22.0 Å². The zero-order chi connectivity index (χ0) is 16.0. The van der Waals surface area contributed by atoms with E-state index in [1.807, 2.05) is 27.1 Å². The molecular formula is C16H15N5OS. The van der Waals surface area contributed by atoms with Crippen LogP contribution < -0.4 is 4.90 Å². The van der Waals surface area contributed by atoms with Gasteiger partial charge in [0.05, 0.1) is 11.8 Å². The van der Waals surface area contributed by atoms with Gasteiger partial charge in [0.2, 0.25) is 4.96 Å². The second-order valence-corrected chi connectivity index (χ2v) is 6.41. The van der Waals surface area contributed by atoms with Crippen LogP contribution >= 0.6 is 11.3 Å². The molecular weight excluding hydrogens is 310 g/mol. The predicted octanol–water partition coefficient (Wildman–Crippen LogP) is 3.49. The molecule has 0 fully saturated rings. The summed E-state index contributed by atoms with van der Waals surface area (Å²) in [6, 6.07) is 10.2. The fourth-order valence-corrected chi connectivity index (χ4v) is 3.27. The van der Waals surface area contributed by atoms with Crippen molar-refractivity contribution in [1.29, 1.82) is 0 Å². The minimum absolute atomic E-state index is 0.707. The highest BCUT2D eigenvalue weighted by atomic mass is 32.1. The van der Waals surface area contributed by atoms with Crippen LogP contribution in [0, 0.1) is 6.92 Å². The molecule has 3 aromatic heterocycles. The first-order valence-electron chi connectivity index (χ1n) is 7.18. The Morgan fingerprint density at radius 1 is 1.09 bits per heavy atom. The second-order valence-electron chi connectivity index (χ2n) is 5.46. The van der Waals surface area contributed by atoms with Gasteiger partial charge in [-0.15, -0.1) is 10.2 Å². The number of nitrogens with zero attached hydrogens (tertiary/aromatic N) is 5. The molecule has 0 radical (unpaired) electrons. The van der Waals surface area contributed by atoms with Gasteiger partial charge in [-0.2, -0.15) is 9.61 Å². The lowest BCUT2D eigenvalue weighted by molar-refractivity contribution is 0.535. The van der Waals surface area contributed by atoms with Crippen molar-refractivity contribution >= 4 is 22.0 Å². The van der Waals surface area contributed by atoms with Crippen LogP contribution in [-0.2, 0) is 0 Å². The molecule has 0 aliphatic carbocycles. The lowest BCUT2D eigenvalue weighted by atomic mass is 10.2. The van der Waals surface area contributed by atoms with Crippen molar-refractivity contribution in [2.45, 2.75) is 6.92 Å². The van der Waals surface area contributed by atoms with Gasteiger partial charge >= 0.3 is 0 Å². The van der Waals surface area contributed by atoms with E-state index in [-0.39, 0.29) is 0 Å². The topological polar surface area (TPSA) is 59.5 Å². The first kappa shape index (κ1) is 14.0. The van der Waals surface area contributed by atoms with Crippen molar-refractivity contribution in [2.24, 2.45) is 0 Å². The molecule has 116 valence electrons. The van der Waals surface area contributed by atoms with E-state index in [0.717, 1.165) is 32.5 Å². The first-order chi connectivity index (χ1) is 11.1. The lowest BCUT2D eigenvalue weighted by Gasteiger charge is -2.11. The van der Waals surface area contributed by atoms with Crippen molar-refractivity contribution in [3.63, 3.8) is 0 Å². The van der Waals surface area contributed by atoms with Crippen molar-refractivity contribution in [2.75, 3.05) is 19.0 Å². The summed E-state index contributed by atoms with van der Waals surface area (Å²) in [5.41, 5.74) is 3.14. The van der Waals surface area contributed by atoms with Gasteiger partial charge in [-0.3, -0.25) is 0 Å². The molecule has 0 N–H and O–H groups in total. The molecule has 0 atom stereocenters. The van der Waals surface area contributed by atoms with Crippen LogP contribution in [0.25, 0.3) is 26.9 Å². The Balaban J connectivity index is 1.78. The fraction of sp³-hybridized carbons (Fsp3) is 0.188. The third-order valence-electron chi connectivity index (χ3n) is 3.72. The minimum Gasteiger partial charge on any atom is -0.469 e. The Morgan fingerprint density at radius 3 is 2.52 bits per heavy atom. The van der Waals surface area contributed by atoms with Crippen molar-refractivity contribution in [3.05, 3.63) is 42.4 Å². The maximum Gasteiger partial charge on any atom is 0.235 e. The van der Waals surface area contributed by atoms with Crippen LogP contribution in [-0.4, -0.2) is 33.9 Å². The number of furan rings is 1.